The molecule has 2 N–H and O–H groups in total. The van der Waals surface area contributed by atoms with Gasteiger partial charge in [-0.2, -0.15) is 13.2 Å². The fourth-order valence-corrected chi connectivity index (χ4v) is 1.70. The summed E-state index contributed by atoms with van der Waals surface area (Å²) in [5.41, 5.74) is -1.12. The van der Waals surface area contributed by atoms with Crippen molar-refractivity contribution in [2.75, 3.05) is 19.7 Å². The number of alkyl halides is 3. The van der Waals surface area contributed by atoms with Crippen LogP contribution in [-0.2, 0) is 19.1 Å². The number of esters is 1. The molecule has 130 valence electrons. The summed E-state index contributed by atoms with van der Waals surface area (Å²) < 4.78 is 40.0. The summed E-state index contributed by atoms with van der Waals surface area (Å²) in [6, 6.07) is -0.780. The van der Waals surface area contributed by atoms with Crippen LogP contribution in [0, 0.1) is 0 Å². The quantitative estimate of drug-likeness (QED) is 0.521. The number of imide groups is 1. The lowest BCUT2D eigenvalue weighted by Crippen LogP contribution is -2.43. The Morgan fingerprint density at radius 1 is 1.35 bits per heavy atom. The molecule has 11 heteroatoms. The minimum Gasteiger partial charge on any atom is -0.454 e. The van der Waals surface area contributed by atoms with Crippen LogP contribution in [0.5, 0.6) is 0 Å². The minimum atomic E-state index is -4.58. The van der Waals surface area contributed by atoms with Gasteiger partial charge in [-0.15, -0.1) is 0 Å². The number of nitrogens with zero attached hydrogens (tertiary/aromatic N) is 1. The Kier molecular flexibility index (Phi) is 5.56. The highest BCUT2D eigenvalue weighted by Crippen LogP contribution is 2.20. The van der Waals surface area contributed by atoms with Gasteiger partial charge in [-0.3, -0.25) is 19.3 Å². The highest BCUT2D eigenvalue weighted by atomic mass is 19.4. The maximum absolute atomic E-state index is 12.0. The Balaban J connectivity index is 2.44. The van der Waals surface area contributed by atoms with E-state index in [1.807, 2.05) is 0 Å². The summed E-state index contributed by atoms with van der Waals surface area (Å²) in [5, 5.41) is 3.92. The van der Waals surface area contributed by atoms with Crippen molar-refractivity contribution in [1.29, 1.82) is 0 Å². The molecule has 0 saturated carbocycles. The van der Waals surface area contributed by atoms with Crippen LogP contribution in [-0.4, -0.2) is 60.1 Å². The van der Waals surface area contributed by atoms with Crippen LogP contribution in [0.2, 0.25) is 0 Å². The lowest BCUT2D eigenvalue weighted by Gasteiger charge is -2.18. The van der Waals surface area contributed by atoms with Gasteiger partial charge in [-0.25, -0.2) is 4.79 Å². The van der Waals surface area contributed by atoms with Gasteiger partial charge in [0.05, 0.1) is 0 Å². The topological polar surface area (TPSA) is 105 Å². The van der Waals surface area contributed by atoms with Crippen LogP contribution < -0.4 is 10.6 Å². The molecule has 23 heavy (non-hydrogen) atoms. The molecular weight excluding hydrogens is 323 g/mol. The fraction of sp³-hybridized carbons (Fsp3) is 0.667. The van der Waals surface area contributed by atoms with Crippen molar-refractivity contribution in [3.05, 3.63) is 0 Å². The molecule has 0 spiro atoms. The van der Waals surface area contributed by atoms with Gasteiger partial charge in [0.25, 0.3) is 11.8 Å². The van der Waals surface area contributed by atoms with Crippen molar-refractivity contribution in [2.45, 2.75) is 32.0 Å². The molecule has 0 unspecified atom stereocenters. The van der Waals surface area contributed by atoms with Crippen LogP contribution in [0.1, 0.15) is 20.3 Å². The highest BCUT2D eigenvalue weighted by molar-refractivity contribution is 6.08. The van der Waals surface area contributed by atoms with Crippen LogP contribution >= 0.6 is 0 Å². The molecule has 8 nitrogen and oxygen atoms in total. The molecule has 1 rings (SSSR count). The second-order valence-corrected chi connectivity index (χ2v) is 5.06. The number of halogens is 3. The third kappa shape index (κ3) is 5.11. The van der Waals surface area contributed by atoms with Gasteiger partial charge in [0.2, 0.25) is 0 Å². The lowest BCUT2D eigenvalue weighted by atomic mass is 9.99. The lowest BCUT2D eigenvalue weighted by molar-refractivity contribution is -0.153. The van der Waals surface area contributed by atoms with E-state index in [0.29, 0.717) is 11.3 Å². The molecule has 1 atom stereocenters. The zero-order chi connectivity index (χ0) is 17.8. The first-order valence-electron chi connectivity index (χ1n) is 6.61. The van der Waals surface area contributed by atoms with Crippen molar-refractivity contribution in [3.8, 4) is 0 Å². The van der Waals surface area contributed by atoms with E-state index in [4.69, 9.17) is 0 Å². The third-order valence-electron chi connectivity index (χ3n) is 3.19. The standard InChI is InChI=1S/C12H16F3N3O5/c1-3-11(2)9(21)18(10(22)17-11)4-8(20)23-5-7(19)16-6-12(13,14)15/h3-6H2,1-2H3,(H,16,19)(H,17,22)/t11-/m0/s1. The summed E-state index contributed by atoms with van der Waals surface area (Å²) in [7, 11) is 0. The van der Waals surface area contributed by atoms with Gasteiger partial charge < -0.3 is 15.4 Å². The first-order chi connectivity index (χ1) is 10.5. The molecule has 0 radical (unpaired) electrons. The van der Waals surface area contributed by atoms with Crippen molar-refractivity contribution < 1.29 is 37.1 Å². The third-order valence-corrected chi connectivity index (χ3v) is 3.19. The van der Waals surface area contributed by atoms with Gasteiger partial charge in [0.1, 0.15) is 18.6 Å². The number of hydrogen-bond acceptors (Lipinski definition) is 5. The Labute approximate surface area is 129 Å². The summed E-state index contributed by atoms with van der Waals surface area (Å²) in [6.45, 7) is -0.0597. The molecule has 4 amide bonds. The Morgan fingerprint density at radius 3 is 2.43 bits per heavy atom. The zero-order valence-corrected chi connectivity index (χ0v) is 12.5. The minimum absolute atomic E-state index is 0.309. The normalized spacial score (nSPS) is 21.2. The van der Waals surface area contributed by atoms with E-state index in [1.165, 1.54) is 12.2 Å². The van der Waals surface area contributed by atoms with Crippen LogP contribution in [0.4, 0.5) is 18.0 Å². The molecule has 0 aromatic heterocycles. The predicted octanol–water partition coefficient (Wildman–Crippen LogP) is -0.0714. The molecule has 0 bridgehead atoms. The van der Waals surface area contributed by atoms with E-state index < -0.39 is 55.2 Å². The number of nitrogens with one attached hydrogen (secondary N) is 2. The van der Waals surface area contributed by atoms with E-state index in [1.54, 1.807) is 6.92 Å². The number of urea groups is 1. The number of amides is 4. The first-order valence-corrected chi connectivity index (χ1v) is 6.61. The van der Waals surface area contributed by atoms with Gasteiger partial charge in [-0.1, -0.05) is 6.92 Å². The zero-order valence-electron chi connectivity index (χ0n) is 12.5. The predicted molar refractivity (Wildman–Crippen MR) is 69.0 cm³/mol. The molecule has 0 aliphatic carbocycles. The summed E-state index contributed by atoms with van der Waals surface area (Å²) in [4.78, 5) is 46.8. The molecular formula is C12H16F3N3O5. The SMILES string of the molecule is CC[C@]1(C)NC(=O)N(CC(=O)OCC(=O)NCC(F)(F)F)C1=O. The van der Waals surface area contributed by atoms with Gasteiger partial charge >= 0.3 is 18.2 Å². The number of carbonyl (C=O) groups excluding carboxylic acids is 4. The maximum atomic E-state index is 12.0. The molecule has 1 heterocycles. The molecule has 1 aliphatic rings. The van der Waals surface area contributed by atoms with Crippen LogP contribution in [0.25, 0.3) is 0 Å². The summed E-state index contributed by atoms with van der Waals surface area (Å²) >= 11 is 0. The average molecular weight is 339 g/mol. The Morgan fingerprint density at radius 2 is 1.96 bits per heavy atom. The Bertz CT molecular complexity index is 523. The van der Waals surface area contributed by atoms with Crippen molar-refractivity contribution in [3.63, 3.8) is 0 Å². The maximum Gasteiger partial charge on any atom is 0.405 e. The van der Waals surface area contributed by atoms with Crippen LogP contribution in [0.3, 0.4) is 0 Å². The second-order valence-electron chi connectivity index (χ2n) is 5.06. The Hall–Kier alpha value is -2.33. The molecule has 1 fully saturated rings. The van der Waals surface area contributed by atoms with E-state index in [2.05, 4.69) is 10.1 Å². The van der Waals surface area contributed by atoms with E-state index in [0.717, 1.165) is 0 Å². The van der Waals surface area contributed by atoms with E-state index in [9.17, 15) is 32.3 Å². The molecule has 1 saturated heterocycles. The first kappa shape index (κ1) is 18.7. The van der Waals surface area contributed by atoms with Gasteiger partial charge in [0.15, 0.2) is 6.61 Å². The molecule has 0 aromatic rings. The number of carbonyl (C=O) groups is 4. The van der Waals surface area contributed by atoms with Crippen molar-refractivity contribution in [2.24, 2.45) is 0 Å². The average Bonchev–Trinajstić information content (AvgIpc) is 2.66. The highest BCUT2D eigenvalue weighted by Gasteiger charge is 2.47. The second kappa shape index (κ2) is 6.84. The largest absolute Gasteiger partial charge is 0.454 e. The molecule has 0 aromatic carbocycles. The summed E-state index contributed by atoms with van der Waals surface area (Å²) in [6.07, 6.45) is -4.27. The number of rotatable bonds is 6. The van der Waals surface area contributed by atoms with E-state index >= 15 is 0 Å². The van der Waals surface area contributed by atoms with Crippen molar-refractivity contribution >= 4 is 23.8 Å². The molecule has 1 aliphatic heterocycles. The number of ether oxygens (including phenoxy) is 1. The van der Waals surface area contributed by atoms with Crippen molar-refractivity contribution in [1.82, 2.24) is 15.5 Å². The van der Waals surface area contributed by atoms with E-state index in [-0.39, 0.29) is 0 Å². The monoisotopic (exact) mass is 339 g/mol. The van der Waals surface area contributed by atoms with Gasteiger partial charge in [0, 0.05) is 0 Å². The van der Waals surface area contributed by atoms with Gasteiger partial charge in [-0.05, 0) is 13.3 Å². The number of hydrogen-bond donors (Lipinski definition) is 2. The van der Waals surface area contributed by atoms with Crippen LogP contribution in [0.15, 0.2) is 0 Å². The smallest absolute Gasteiger partial charge is 0.405 e. The summed E-state index contributed by atoms with van der Waals surface area (Å²) in [5.74, 6) is -2.86. The fourth-order valence-electron chi connectivity index (χ4n) is 1.70.